The van der Waals surface area contributed by atoms with Crippen molar-refractivity contribution in [3.8, 4) is 0 Å². The number of carbonyl (C=O) groups is 1. The summed E-state index contributed by atoms with van der Waals surface area (Å²) >= 11 is 0. The van der Waals surface area contributed by atoms with Gasteiger partial charge < -0.3 is 9.84 Å². The summed E-state index contributed by atoms with van der Waals surface area (Å²) in [7, 11) is 1.54. The first-order chi connectivity index (χ1) is 8.04. The minimum absolute atomic E-state index is 0.278. The molecule has 1 heterocycles. The number of carboxylic acid groups (broad SMARTS) is 1. The van der Waals surface area contributed by atoms with Gasteiger partial charge in [0.25, 0.3) is 0 Å². The number of hydrogen-bond donors (Lipinski definition) is 2. The Morgan fingerprint density at radius 2 is 2.47 bits per heavy atom. The maximum absolute atomic E-state index is 10.6. The molecule has 1 aromatic rings. The molecule has 0 saturated carbocycles. The van der Waals surface area contributed by atoms with Gasteiger partial charge >= 0.3 is 11.8 Å². The van der Waals surface area contributed by atoms with E-state index in [1.165, 1.54) is 10.9 Å². The van der Waals surface area contributed by atoms with Crippen LogP contribution in [0.25, 0.3) is 0 Å². The third kappa shape index (κ3) is 3.72. The zero-order valence-corrected chi connectivity index (χ0v) is 9.12. The summed E-state index contributed by atoms with van der Waals surface area (Å²) in [5, 5.41) is 24.8. The zero-order valence-electron chi connectivity index (χ0n) is 9.12. The van der Waals surface area contributed by atoms with Crippen LogP contribution in [0, 0.1) is 10.1 Å². The molecule has 17 heavy (non-hydrogen) atoms. The number of nitrogens with one attached hydrogen (secondary N) is 1. The number of amides is 1. The molecule has 0 radical (unpaired) electrons. The Hall–Kier alpha value is -2.16. The first-order valence-corrected chi connectivity index (χ1v) is 4.75. The fourth-order valence-electron chi connectivity index (χ4n) is 1.22. The predicted molar refractivity (Wildman–Crippen MR) is 57.0 cm³/mol. The van der Waals surface area contributed by atoms with Crippen molar-refractivity contribution in [1.82, 2.24) is 9.78 Å². The number of aromatic nitrogens is 2. The van der Waals surface area contributed by atoms with Crippen molar-refractivity contribution in [1.29, 1.82) is 0 Å². The molecular formula is C8H12N4O5. The third-order valence-corrected chi connectivity index (χ3v) is 1.90. The molecule has 1 rings (SSSR count). The van der Waals surface area contributed by atoms with Crippen LogP contribution in [-0.4, -0.2) is 39.6 Å². The Morgan fingerprint density at radius 3 is 3.00 bits per heavy atom. The van der Waals surface area contributed by atoms with E-state index in [0.717, 1.165) is 0 Å². The van der Waals surface area contributed by atoms with Crippen LogP contribution >= 0.6 is 0 Å². The van der Waals surface area contributed by atoms with E-state index in [2.05, 4.69) is 5.10 Å². The van der Waals surface area contributed by atoms with E-state index in [0.29, 0.717) is 19.6 Å². The maximum Gasteiger partial charge on any atom is 0.410 e. The van der Waals surface area contributed by atoms with Gasteiger partial charge in [-0.05, 0) is 6.42 Å². The molecule has 0 unspecified atom stereocenters. The van der Waals surface area contributed by atoms with E-state index in [9.17, 15) is 14.9 Å². The van der Waals surface area contributed by atoms with Gasteiger partial charge in [-0.15, -0.1) is 5.10 Å². The molecule has 9 heteroatoms. The van der Waals surface area contributed by atoms with Gasteiger partial charge in [-0.1, -0.05) is 0 Å². The lowest BCUT2D eigenvalue weighted by molar-refractivity contribution is -0.384. The summed E-state index contributed by atoms with van der Waals surface area (Å²) < 4.78 is 6.14. The van der Waals surface area contributed by atoms with E-state index >= 15 is 0 Å². The smallest absolute Gasteiger partial charge is 0.410 e. The van der Waals surface area contributed by atoms with Crippen LogP contribution in [-0.2, 0) is 11.3 Å². The lowest BCUT2D eigenvalue weighted by atomic mass is 10.4. The second-order valence-electron chi connectivity index (χ2n) is 3.16. The van der Waals surface area contributed by atoms with E-state index in [1.807, 2.05) is 5.32 Å². The average Bonchev–Trinajstić information content (AvgIpc) is 2.60. The number of methoxy groups -OCH3 is 1. The summed E-state index contributed by atoms with van der Waals surface area (Å²) in [6.07, 6.45) is 0.415. The molecule has 2 N–H and O–H groups in total. The van der Waals surface area contributed by atoms with Gasteiger partial charge in [-0.2, -0.15) is 0 Å². The number of nitro groups is 1. The fourth-order valence-corrected chi connectivity index (χ4v) is 1.22. The van der Waals surface area contributed by atoms with Gasteiger partial charge in [-0.3, -0.25) is 20.1 Å². The normalized spacial score (nSPS) is 10.2. The van der Waals surface area contributed by atoms with Gasteiger partial charge in [0, 0.05) is 20.3 Å². The zero-order chi connectivity index (χ0) is 12.8. The van der Waals surface area contributed by atoms with Crippen LogP contribution in [0.4, 0.5) is 16.3 Å². The van der Waals surface area contributed by atoms with Crippen molar-refractivity contribution in [3.05, 3.63) is 16.3 Å². The fraction of sp³-hybridized carbons (Fsp3) is 0.500. The molecule has 1 amide bonds. The van der Waals surface area contributed by atoms with Crippen molar-refractivity contribution in [2.24, 2.45) is 0 Å². The standard InChI is InChI=1S/C8H12N4O5/c1-17-4-2-3-11-5-6(12(15)16)7(10-11)9-8(13)14/h5H,2-4H2,1H3,(H,9,10)(H,13,14). The van der Waals surface area contributed by atoms with E-state index in [4.69, 9.17) is 9.84 Å². The number of nitrogens with zero attached hydrogens (tertiary/aromatic N) is 3. The summed E-state index contributed by atoms with van der Waals surface area (Å²) in [4.78, 5) is 20.4. The van der Waals surface area contributed by atoms with E-state index in [-0.39, 0.29) is 11.5 Å². The highest BCUT2D eigenvalue weighted by Crippen LogP contribution is 2.21. The SMILES string of the molecule is COCCCn1cc([N+](=O)[O-])c(NC(=O)O)n1. The second kappa shape index (κ2) is 5.80. The van der Waals surface area contributed by atoms with Crippen LogP contribution in [0.3, 0.4) is 0 Å². The van der Waals surface area contributed by atoms with Gasteiger partial charge in [0.15, 0.2) is 0 Å². The first kappa shape index (κ1) is 12.9. The minimum Gasteiger partial charge on any atom is -0.465 e. The molecule has 0 saturated heterocycles. The monoisotopic (exact) mass is 244 g/mol. The first-order valence-electron chi connectivity index (χ1n) is 4.75. The van der Waals surface area contributed by atoms with Crippen molar-refractivity contribution < 1.29 is 19.6 Å². The molecule has 0 aliphatic carbocycles. The van der Waals surface area contributed by atoms with Crippen LogP contribution < -0.4 is 5.32 Å². The maximum atomic E-state index is 10.6. The van der Waals surface area contributed by atoms with E-state index in [1.54, 1.807) is 7.11 Å². The van der Waals surface area contributed by atoms with Gasteiger partial charge in [0.2, 0.25) is 5.82 Å². The van der Waals surface area contributed by atoms with Crippen molar-refractivity contribution in [2.75, 3.05) is 19.0 Å². The molecule has 0 fully saturated rings. The van der Waals surface area contributed by atoms with Crippen LogP contribution in [0.2, 0.25) is 0 Å². The van der Waals surface area contributed by atoms with Crippen LogP contribution in [0.5, 0.6) is 0 Å². The number of rotatable bonds is 6. The van der Waals surface area contributed by atoms with Crippen molar-refractivity contribution >= 4 is 17.6 Å². The largest absolute Gasteiger partial charge is 0.465 e. The van der Waals surface area contributed by atoms with Gasteiger partial charge in [0.05, 0.1) is 4.92 Å². The predicted octanol–water partition coefficient (Wildman–Crippen LogP) is 0.918. The Balaban J connectivity index is 2.80. The lowest BCUT2D eigenvalue weighted by Gasteiger charge is -1.99. The highest BCUT2D eigenvalue weighted by Gasteiger charge is 2.20. The average molecular weight is 244 g/mol. The Labute approximate surface area is 96.1 Å². The Bertz CT molecular complexity index is 416. The summed E-state index contributed by atoms with van der Waals surface area (Å²) in [5.74, 6) is -0.278. The summed E-state index contributed by atoms with van der Waals surface area (Å²) in [5.41, 5.74) is -0.371. The third-order valence-electron chi connectivity index (χ3n) is 1.90. The van der Waals surface area contributed by atoms with Crippen molar-refractivity contribution in [3.63, 3.8) is 0 Å². The molecular weight excluding hydrogens is 232 g/mol. The van der Waals surface area contributed by atoms with Crippen LogP contribution in [0.1, 0.15) is 6.42 Å². The molecule has 0 atom stereocenters. The van der Waals surface area contributed by atoms with Crippen molar-refractivity contribution in [2.45, 2.75) is 13.0 Å². The summed E-state index contributed by atoms with van der Waals surface area (Å²) in [6, 6.07) is 0. The molecule has 9 nitrogen and oxygen atoms in total. The highest BCUT2D eigenvalue weighted by molar-refractivity contribution is 5.84. The molecule has 1 aromatic heterocycles. The highest BCUT2D eigenvalue weighted by atomic mass is 16.6. The molecule has 0 bridgehead atoms. The minimum atomic E-state index is -1.39. The van der Waals surface area contributed by atoms with Gasteiger partial charge in [0.1, 0.15) is 6.20 Å². The summed E-state index contributed by atoms with van der Waals surface area (Å²) in [6.45, 7) is 0.908. The Morgan fingerprint density at radius 1 is 1.76 bits per heavy atom. The molecule has 0 aliphatic heterocycles. The number of aryl methyl sites for hydroxylation is 1. The second-order valence-corrected chi connectivity index (χ2v) is 3.16. The number of anilines is 1. The van der Waals surface area contributed by atoms with E-state index < -0.39 is 11.0 Å². The molecule has 0 aromatic carbocycles. The lowest BCUT2D eigenvalue weighted by Crippen LogP contribution is -2.10. The molecule has 0 aliphatic rings. The van der Waals surface area contributed by atoms with Crippen LogP contribution in [0.15, 0.2) is 6.20 Å². The van der Waals surface area contributed by atoms with Gasteiger partial charge in [-0.25, -0.2) is 4.79 Å². The Kier molecular flexibility index (Phi) is 4.40. The topological polar surface area (TPSA) is 120 Å². The quantitative estimate of drug-likeness (QED) is 0.436. The molecule has 94 valence electrons. The number of ether oxygens (including phenoxy) is 1. The number of hydrogen-bond acceptors (Lipinski definition) is 5. The molecule has 0 spiro atoms.